The summed E-state index contributed by atoms with van der Waals surface area (Å²) in [6.07, 6.45) is 0.843. The number of carbonyl (C=O) groups excluding carboxylic acids is 2. The predicted octanol–water partition coefficient (Wildman–Crippen LogP) is 4.87. The third-order valence-corrected chi connectivity index (χ3v) is 7.36. The van der Waals surface area contributed by atoms with E-state index in [1.165, 1.54) is 28.4 Å². The average Bonchev–Trinajstić information content (AvgIpc) is 2.95. The molecule has 0 N–H and O–H groups in total. The fraction of sp³-hybridized carbons (Fsp3) is 0.433. The Bertz CT molecular complexity index is 1300. The Labute approximate surface area is 228 Å². The minimum absolute atomic E-state index is 0.00879. The highest BCUT2D eigenvalue weighted by atomic mass is 16.5. The normalized spacial score (nSPS) is 20.5. The lowest BCUT2D eigenvalue weighted by Gasteiger charge is -2.38. The van der Waals surface area contributed by atoms with Gasteiger partial charge in [0.1, 0.15) is 5.78 Å². The summed E-state index contributed by atoms with van der Waals surface area (Å²) in [4.78, 5) is 31.8. The molecule has 0 bridgehead atoms. The maximum atomic E-state index is 13.9. The van der Waals surface area contributed by atoms with Gasteiger partial charge in [-0.05, 0) is 61.6 Å². The van der Waals surface area contributed by atoms with Crippen LogP contribution in [0.5, 0.6) is 28.7 Å². The number of allylic oxidation sites excluding steroid dienone is 1. The van der Waals surface area contributed by atoms with Gasteiger partial charge in [-0.3, -0.25) is 9.79 Å². The number of rotatable bonds is 9. The van der Waals surface area contributed by atoms with Crippen LogP contribution in [0.25, 0.3) is 0 Å². The number of ether oxygens (including phenoxy) is 6. The summed E-state index contributed by atoms with van der Waals surface area (Å²) < 4.78 is 33.0. The molecule has 0 saturated heterocycles. The maximum Gasteiger partial charge on any atom is 0.336 e. The van der Waals surface area contributed by atoms with E-state index in [9.17, 15) is 9.59 Å². The van der Waals surface area contributed by atoms with E-state index in [4.69, 9.17) is 33.4 Å². The Morgan fingerprint density at radius 1 is 0.846 bits per heavy atom. The van der Waals surface area contributed by atoms with Crippen molar-refractivity contribution in [3.63, 3.8) is 0 Å². The second-order valence-corrected chi connectivity index (χ2v) is 9.42. The van der Waals surface area contributed by atoms with Crippen LogP contribution in [0.4, 0.5) is 0 Å². The molecule has 9 nitrogen and oxygen atoms in total. The number of benzene rings is 2. The SMILES string of the molecule is CCOc1ccc(C2CC(=O)C3C(=NC(C)=C(C(=O)OC)C3c3cc(OC)c(OC)c(OC)c3)C2)cc1OC. The summed E-state index contributed by atoms with van der Waals surface area (Å²) >= 11 is 0. The van der Waals surface area contributed by atoms with Crippen LogP contribution in [0.2, 0.25) is 0 Å². The molecule has 1 heterocycles. The number of esters is 1. The van der Waals surface area contributed by atoms with E-state index in [0.29, 0.717) is 58.6 Å². The summed E-state index contributed by atoms with van der Waals surface area (Å²) in [5, 5.41) is 0. The molecule has 1 aliphatic heterocycles. The van der Waals surface area contributed by atoms with Gasteiger partial charge in [0.2, 0.25) is 5.75 Å². The van der Waals surface area contributed by atoms with Gasteiger partial charge in [0.15, 0.2) is 23.0 Å². The van der Waals surface area contributed by atoms with E-state index in [-0.39, 0.29) is 18.1 Å². The number of Topliss-reactive ketones (excluding diaryl/α,β-unsaturated/α-hetero) is 1. The maximum absolute atomic E-state index is 13.9. The third kappa shape index (κ3) is 5.17. The Kier molecular flexibility index (Phi) is 8.47. The molecule has 0 spiro atoms. The first-order chi connectivity index (χ1) is 18.8. The molecule has 0 aromatic heterocycles. The Morgan fingerprint density at radius 3 is 2.05 bits per heavy atom. The van der Waals surface area contributed by atoms with Crippen molar-refractivity contribution < 1.29 is 38.0 Å². The van der Waals surface area contributed by atoms with Gasteiger partial charge in [-0.1, -0.05) is 6.07 Å². The van der Waals surface area contributed by atoms with Crippen LogP contribution in [0.3, 0.4) is 0 Å². The fourth-order valence-corrected chi connectivity index (χ4v) is 5.64. The second-order valence-electron chi connectivity index (χ2n) is 9.42. The fourth-order valence-electron chi connectivity index (χ4n) is 5.64. The van der Waals surface area contributed by atoms with Gasteiger partial charge in [0, 0.05) is 23.7 Å². The number of carbonyl (C=O) groups is 2. The highest BCUT2D eigenvalue weighted by Crippen LogP contribution is 2.49. The highest BCUT2D eigenvalue weighted by Gasteiger charge is 2.46. The van der Waals surface area contributed by atoms with E-state index in [2.05, 4.69) is 0 Å². The number of hydrogen-bond acceptors (Lipinski definition) is 9. The van der Waals surface area contributed by atoms with Gasteiger partial charge < -0.3 is 28.4 Å². The van der Waals surface area contributed by atoms with Gasteiger partial charge in [-0.2, -0.15) is 0 Å². The van der Waals surface area contributed by atoms with Crippen molar-refractivity contribution in [2.24, 2.45) is 10.9 Å². The van der Waals surface area contributed by atoms with Crippen molar-refractivity contribution in [1.29, 1.82) is 0 Å². The first kappa shape index (κ1) is 28.0. The topological polar surface area (TPSA) is 102 Å². The number of fused-ring (bicyclic) bond motifs is 1. The van der Waals surface area contributed by atoms with Crippen molar-refractivity contribution in [2.45, 2.75) is 38.5 Å². The summed E-state index contributed by atoms with van der Waals surface area (Å²) in [5.41, 5.74) is 3.23. The van der Waals surface area contributed by atoms with Crippen LogP contribution in [0, 0.1) is 5.92 Å². The monoisotopic (exact) mass is 537 g/mol. The molecular formula is C30H35NO8. The second kappa shape index (κ2) is 11.8. The highest BCUT2D eigenvalue weighted by molar-refractivity contribution is 6.12. The quantitative estimate of drug-likeness (QED) is 0.418. The van der Waals surface area contributed by atoms with Crippen LogP contribution in [0.15, 0.2) is 46.6 Å². The molecule has 3 atom stereocenters. The van der Waals surface area contributed by atoms with Gasteiger partial charge in [0.05, 0.1) is 53.6 Å². The van der Waals surface area contributed by atoms with Crippen molar-refractivity contribution in [1.82, 2.24) is 0 Å². The largest absolute Gasteiger partial charge is 0.493 e. The Morgan fingerprint density at radius 2 is 1.49 bits per heavy atom. The first-order valence-electron chi connectivity index (χ1n) is 12.8. The molecule has 39 heavy (non-hydrogen) atoms. The number of ketones is 1. The van der Waals surface area contributed by atoms with E-state index in [0.717, 1.165) is 11.3 Å². The molecule has 208 valence electrons. The summed E-state index contributed by atoms with van der Waals surface area (Å²) in [6.45, 7) is 4.21. The number of aliphatic imine (C=N–C) groups is 1. The minimum Gasteiger partial charge on any atom is -0.493 e. The number of hydrogen-bond donors (Lipinski definition) is 0. The Balaban J connectivity index is 1.81. The zero-order chi connectivity index (χ0) is 28.3. The van der Waals surface area contributed by atoms with E-state index in [1.54, 1.807) is 26.2 Å². The lowest BCUT2D eigenvalue weighted by Crippen LogP contribution is -2.41. The van der Waals surface area contributed by atoms with Gasteiger partial charge >= 0.3 is 5.97 Å². The zero-order valence-corrected chi connectivity index (χ0v) is 23.5. The first-order valence-corrected chi connectivity index (χ1v) is 12.8. The van der Waals surface area contributed by atoms with Crippen LogP contribution in [-0.2, 0) is 14.3 Å². The zero-order valence-electron chi connectivity index (χ0n) is 23.5. The molecule has 0 amide bonds. The average molecular weight is 538 g/mol. The summed E-state index contributed by atoms with van der Waals surface area (Å²) in [6, 6.07) is 9.32. The van der Waals surface area contributed by atoms with E-state index >= 15 is 0 Å². The van der Waals surface area contributed by atoms with Crippen LogP contribution < -0.4 is 23.7 Å². The Hall–Kier alpha value is -4.01. The van der Waals surface area contributed by atoms with E-state index < -0.39 is 17.8 Å². The molecule has 1 fully saturated rings. The standard InChI is InChI=1S/C30H35NO8/c1-8-39-22-10-9-17(13-23(22)34-3)18-11-20-28(21(32)12-18)27(26(16(2)31-20)30(33)38-7)19-14-24(35-4)29(37-6)25(15-19)36-5/h9-10,13-15,18,27-28H,8,11-12H2,1-7H3. The molecule has 9 heteroatoms. The van der Waals surface area contributed by atoms with Crippen molar-refractivity contribution >= 4 is 17.5 Å². The van der Waals surface area contributed by atoms with E-state index in [1.807, 2.05) is 25.1 Å². The molecule has 1 saturated carbocycles. The van der Waals surface area contributed by atoms with Crippen LogP contribution >= 0.6 is 0 Å². The lowest BCUT2D eigenvalue weighted by molar-refractivity contribution is -0.136. The van der Waals surface area contributed by atoms with Gasteiger partial charge in [0.25, 0.3) is 0 Å². The van der Waals surface area contributed by atoms with Crippen molar-refractivity contribution in [3.05, 3.63) is 52.7 Å². The molecule has 2 aromatic rings. The van der Waals surface area contributed by atoms with Gasteiger partial charge in [-0.25, -0.2) is 4.79 Å². The summed E-state index contributed by atoms with van der Waals surface area (Å²) in [5.74, 6) is 0.676. The molecule has 0 radical (unpaired) electrons. The minimum atomic E-state index is -0.633. The molecule has 2 aliphatic rings. The number of methoxy groups -OCH3 is 5. The van der Waals surface area contributed by atoms with Crippen molar-refractivity contribution in [3.8, 4) is 28.7 Å². The molecular weight excluding hydrogens is 502 g/mol. The van der Waals surface area contributed by atoms with Crippen molar-refractivity contribution in [2.75, 3.05) is 42.2 Å². The molecule has 3 unspecified atom stereocenters. The third-order valence-electron chi connectivity index (χ3n) is 7.36. The van der Waals surface area contributed by atoms with Gasteiger partial charge in [-0.15, -0.1) is 0 Å². The summed E-state index contributed by atoms with van der Waals surface area (Å²) in [7, 11) is 7.50. The van der Waals surface area contributed by atoms with Crippen LogP contribution in [-0.4, -0.2) is 59.6 Å². The molecule has 2 aromatic carbocycles. The van der Waals surface area contributed by atoms with Crippen LogP contribution in [0.1, 0.15) is 49.7 Å². The molecule has 4 rings (SSSR count). The molecule has 1 aliphatic carbocycles. The lowest BCUT2D eigenvalue weighted by atomic mass is 9.66. The number of nitrogens with zero attached hydrogens (tertiary/aromatic N) is 1. The predicted molar refractivity (Wildman–Crippen MR) is 146 cm³/mol. The smallest absolute Gasteiger partial charge is 0.336 e.